The lowest BCUT2D eigenvalue weighted by Gasteiger charge is -2.45. The van der Waals surface area contributed by atoms with Crippen molar-refractivity contribution in [3.05, 3.63) is 18.0 Å². The topological polar surface area (TPSA) is 33.1 Å². The zero-order valence-corrected chi connectivity index (χ0v) is 12.7. The van der Waals surface area contributed by atoms with Crippen LogP contribution in [0.2, 0.25) is 0 Å². The van der Waals surface area contributed by atoms with Crippen molar-refractivity contribution >= 4 is 0 Å². The molecule has 0 fully saturated rings. The molecule has 0 spiro atoms. The molecule has 2 atom stereocenters. The first-order valence-electron chi connectivity index (χ1n) is 6.94. The first-order valence-corrected chi connectivity index (χ1v) is 6.94. The molecule has 0 saturated heterocycles. The molecule has 0 aliphatic rings. The van der Waals surface area contributed by atoms with Crippen LogP contribution in [0.25, 0.3) is 0 Å². The number of nitrogens with zero attached hydrogens (tertiary/aromatic N) is 3. The molecule has 0 amide bonds. The lowest BCUT2D eigenvalue weighted by atomic mass is 9.84. The van der Waals surface area contributed by atoms with E-state index in [1.807, 2.05) is 25.0 Å². The fraction of sp³-hybridized carbons (Fsp3) is 0.786. The Hall–Kier alpha value is -0.870. The van der Waals surface area contributed by atoms with E-state index in [9.17, 15) is 0 Å². The van der Waals surface area contributed by atoms with E-state index >= 15 is 0 Å². The highest BCUT2D eigenvalue weighted by Gasteiger charge is 2.37. The third-order valence-corrected chi connectivity index (χ3v) is 4.17. The number of aromatic nitrogens is 2. The van der Waals surface area contributed by atoms with Gasteiger partial charge in [0, 0.05) is 24.3 Å². The third kappa shape index (κ3) is 2.75. The first kappa shape index (κ1) is 15.2. The van der Waals surface area contributed by atoms with E-state index in [1.54, 1.807) is 0 Å². The molecule has 0 aliphatic heterocycles. The molecular weight excluding hydrogens is 224 g/mol. The van der Waals surface area contributed by atoms with Crippen LogP contribution in [0.3, 0.4) is 0 Å². The summed E-state index contributed by atoms with van der Waals surface area (Å²) in [7, 11) is 4.01. The second-order valence-electron chi connectivity index (χ2n) is 5.05. The maximum Gasteiger partial charge on any atom is 0.0538 e. The van der Waals surface area contributed by atoms with E-state index in [-0.39, 0.29) is 5.54 Å². The Labute approximate surface area is 111 Å². The van der Waals surface area contributed by atoms with Crippen LogP contribution >= 0.6 is 0 Å². The van der Waals surface area contributed by atoms with Crippen molar-refractivity contribution in [2.45, 2.75) is 45.7 Å². The molecule has 0 bridgehead atoms. The Bertz CT molecular complexity index is 356. The number of likely N-dealkylation sites (N-methyl/N-ethyl adjacent to an activating group) is 2. The summed E-state index contributed by atoms with van der Waals surface area (Å²) >= 11 is 0. The van der Waals surface area contributed by atoms with Crippen molar-refractivity contribution in [2.24, 2.45) is 7.05 Å². The number of hydrogen-bond donors (Lipinski definition) is 1. The summed E-state index contributed by atoms with van der Waals surface area (Å²) in [5, 5.41) is 7.78. The summed E-state index contributed by atoms with van der Waals surface area (Å²) in [5.74, 6) is 0. The molecule has 0 radical (unpaired) electrons. The average molecular weight is 252 g/mol. The van der Waals surface area contributed by atoms with Crippen LogP contribution in [0.5, 0.6) is 0 Å². The molecule has 0 saturated carbocycles. The van der Waals surface area contributed by atoms with Gasteiger partial charge in [-0.05, 0) is 33.5 Å². The summed E-state index contributed by atoms with van der Waals surface area (Å²) in [6.45, 7) is 11.2. The fourth-order valence-corrected chi connectivity index (χ4v) is 2.98. The van der Waals surface area contributed by atoms with E-state index in [0.29, 0.717) is 6.04 Å². The van der Waals surface area contributed by atoms with Crippen molar-refractivity contribution in [2.75, 3.05) is 20.1 Å². The van der Waals surface area contributed by atoms with Gasteiger partial charge in [0.1, 0.15) is 0 Å². The second kappa shape index (κ2) is 6.34. The maximum absolute atomic E-state index is 4.30. The Balaban J connectivity index is 3.10. The quantitative estimate of drug-likeness (QED) is 0.807. The van der Waals surface area contributed by atoms with Gasteiger partial charge in [-0.25, -0.2) is 0 Å². The average Bonchev–Trinajstić information content (AvgIpc) is 2.78. The van der Waals surface area contributed by atoms with Crippen LogP contribution in [0.4, 0.5) is 0 Å². The molecule has 4 heteroatoms. The summed E-state index contributed by atoms with van der Waals surface area (Å²) in [6, 6.07) is 0.302. The van der Waals surface area contributed by atoms with Gasteiger partial charge in [0.05, 0.1) is 12.2 Å². The van der Waals surface area contributed by atoms with Gasteiger partial charge in [0.2, 0.25) is 0 Å². The number of hydrogen-bond acceptors (Lipinski definition) is 3. The van der Waals surface area contributed by atoms with Crippen LogP contribution in [-0.2, 0) is 7.05 Å². The molecule has 1 heterocycles. The molecule has 0 aliphatic carbocycles. The molecular formula is C14H28N4. The van der Waals surface area contributed by atoms with E-state index in [4.69, 9.17) is 0 Å². The third-order valence-electron chi connectivity index (χ3n) is 4.17. The first-order chi connectivity index (χ1) is 8.53. The van der Waals surface area contributed by atoms with E-state index < -0.39 is 0 Å². The summed E-state index contributed by atoms with van der Waals surface area (Å²) in [6.07, 6.45) is 5.19. The van der Waals surface area contributed by atoms with E-state index in [1.165, 1.54) is 5.56 Å². The van der Waals surface area contributed by atoms with Crippen LogP contribution in [0, 0.1) is 0 Å². The van der Waals surface area contributed by atoms with Crippen molar-refractivity contribution < 1.29 is 0 Å². The van der Waals surface area contributed by atoms with Gasteiger partial charge in [-0.1, -0.05) is 20.8 Å². The van der Waals surface area contributed by atoms with Gasteiger partial charge in [-0.15, -0.1) is 0 Å². The molecule has 1 rings (SSSR count). The minimum atomic E-state index is 0.112. The monoisotopic (exact) mass is 252 g/mol. The number of aryl methyl sites for hydroxylation is 1. The number of nitrogens with one attached hydrogen (secondary N) is 1. The lowest BCUT2D eigenvalue weighted by molar-refractivity contribution is 0.0728. The number of rotatable bonds is 7. The van der Waals surface area contributed by atoms with E-state index in [0.717, 1.165) is 19.5 Å². The minimum Gasteiger partial charge on any atom is -0.311 e. The molecule has 1 aromatic rings. The Morgan fingerprint density at radius 2 is 2.00 bits per heavy atom. The SMILES string of the molecule is CCN(CC)C(C)(CC)C(NC)c1cnn(C)c1. The smallest absolute Gasteiger partial charge is 0.0538 e. The Kier molecular flexibility index (Phi) is 5.35. The largest absolute Gasteiger partial charge is 0.311 e. The van der Waals surface area contributed by atoms with Gasteiger partial charge in [0.25, 0.3) is 0 Å². The summed E-state index contributed by atoms with van der Waals surface area (Å²) in [4.78, 5) is 2.53. The zero-order valence-electron chi connectivity index (χ0n) is 12.7. The van der Waals surface area contributed by atoms with Crippen LogP contribution < -0.4 is 5.32 Å². The Morgan fingerprint density at radius 1 is 1.39 bits per heavy atom. The highest BCUT2D eigenvalue weighted by molar-refractivity contribution is 5.17. The van der Waals surface area contributed by atoms with Gasteiger partial charge in [-0.2, -0.15) is 5.10 Å². The maximum atomic E-state index is 4.30. The van der Waals surface area contributed by atoms with E-state index in [2.05, 4.69) is 49.2 Å². The second-order valence-corrected chi connectivity index (χ2v) is 5.05. The lowest BCUT2D eigenvalue weighted by Crippen LogP contribution is -2.53. The molecule has 1 aromatic heterocycles. The predicted octanol–water partition coefficient (Wildman–Crippen LogP) is 2.19. The fourth-order valence-electron chi connectivity index (χ4n) is 2.98. The summed E-state index contributed by atoms with van der Waals surface area (Å²) < 4.78 is 1.87. The molecule has 0 aromatic carbocycles. The predicted molar refractivity (Wildman–Crippen MR) is 76.6 cm³/mol. The highest BCUT2D eigenvalue weighted by atomic mass is 15.3. The standard InChI is InChI=1S/C14H28N4/c1-7-14(4,18(8-2)9-3)13(15-5)12-10-16-17(6)11-12/h10-11,13,15H,7-9H2,1-6H3. The minimum absolute atomic E-state index is 0.112. The zero-order chi connectivity index (χ0) is 13.8. The van der Waals surface area contributed by atoms with Crippen LogP contribution in [-0.4, -0.2) is 40.4 Å². The van der Waals surface area contributed by atoms with Gasteiger partial charge in [-0.3, -0.25) is 9.58 Å². The van der Waals surface area contributed by atoms with Crippen LogP contribution in [0.15, 0.2) is 12.4 Å². The molecule has 2 unspecified atom stereocenters. The molecule has 4 nitrogen and oxygen atoms in total. The van der Waals surface area contributed by atoms with Crippen molar-refractivity contribution in [1.82, 2.24) is 20.0 Å². The van der Waals surface area contributed by atoms with Crippen molar-refractivity contribution in [3.63, 3.8) is 0 Å². The highest BCUT2D eigenvalue weighted by Crippen LogP contribution is 2.33. The van der Waals surface area contributed by atoms with Gasteiger partial charge >= 0.3 is 0 Å². The normalized spacial score (nSPS) is 16.8. The molecule has 18 heavy (non-hydrogen) atoms. The van der Waals surface area contributed by atoms with Crippen molar-refractivity contribution in [1.29, 1.82) is 0 Å². The molecule has 1 N–H and O–H groups in total. The van der Waals surface area contributed by atoms with Crippen molar-refractivity contribution in [3.8, 4) is 0 Å². The summed E-state index contributed by atoms with van der Waals surface area (Å²) in [5.41, 5.74) is 1.37. The van der Waals surface area contributed by atoms with Crippen LogP contribution in [0.1, 0.15) is 45.7 Å². The molecule has 104 valence electrons. The van der Waals surface area contributed by atoms with Gasteiger partial charge in [0.15, 0.2) is 0 Å². The Morgan fingerprint density at radius 3 is 2.33 bits per heavy atom. The van der Waals surface area contributed by atoms with Gasteiger partial charge < -0.3 is 5.32 Å².